The van der Waals surface area contributed by atoms with Crippen LogP contribution in [0.25, 0.3) is 0 Å². The van der Waals surface area contributed by atoms with Gasteiger partial charge in [-0.05, 0) is 56.2 Å². The molecule has 2 aromatic rings. The van der Waals surface area contributed by atoms with E-state index in [1.807, 2.05) is 12.1 Å². The van der Waals surface area contributed by atoms with E-state index in [4.69, 9.17) is 24.2 Å². The van der Waals surface area contributed by atoms with E-state index >= 15 is 0 Å². The summed E-state index contributed by atoms with van der Waals surface area (Å²) in [4.78, 5) is 20.0. The van der Waals surface area contributed by atoms with E-state index in [0.29, 0.717) is 6.54 Å². The van der Waals surface area contributed by atoms with Crippen LogP contribution in [0.5, 0.6) is 0 Å². The maximum absolute atomic E-state index is 11.3. The summed E-state index contributed by atoms with van der Waals surface area (Å²) < 4.78 is 69.0. The highest BCUT2D eigenvalue weighted by atomic mass is 19.4. The number of furan rings is 1. The second-order valence-electron chi connectivity index (χ2n) is 8.48. The average Bonchev–Trinajstić information content (AvgIpc) is 3.39. The van der Waals surface area contributed by atoms with Crippen molar-refractivity contribution >= 4 is 11.9 Å². The highest BCUT2D eigenvalue weighted by Gasteiger charge is 2.52. The molecule has 1 saturated heterocycles. The summed E-state index contributed by atoms with van der Waals surface area (Å²) in [6, 6.07) is 12.5. The zero-order valence-corrected chi connectivity index (χ0v) is 19.5. The molecule has 0 unspecified atom stereocenters. The number of carboxylic acid groups (broad SMARTS) is 2. The monoisotopic (exact) mass is 540 g/mol. The maximum atomic E-state index is 11.3. The molecule has 2 heterocycles. The van der Waals surface area contributed by atoms with Crippen LogP contribution in [0.2, 0.25) is 0 Å². The van der Waals surface area contributed by atoms with E-state index in [1.54, 1.807) is 6.26 Å². The van der Waals surface area contributed by atoms with Crippen LogP contribution < -0.4 is 5.32 Å². The van der Waals surface area contributed by atoms with Gasteiger partial charge >= 0.3 is 24.3 Å². The van der Waals surface area contributed by atoms with E-state index in [9.17, 15) is 31.4 Å². The molecule has 0 radical (unpaired) electrons. The van der Waals surface area contributed by atoms with Crippen molar-refractivity contribution in [3.8, 4) is 0 Å². The number of aliphatic hydroxyl groups excluding tert-OH is 1. The number of hydrogen-bond acceptors (Lipinski definition) is 6. The van der Waals surface area contributed by atoms with Crippen LogP contribution in [-0.2, 0) is 21.5 Å². The van der Waals surface area contributed by atoms with Gasteiger partial charge in [-0.2, -0.15) is 26.3 Å². The van der Waals surface area contributed by atoms with Gasteiger partial charge in [0.05, 0.1) is 25.0 Å². The van der Waals surface area contributed by atoms with Gasteiger partial charge in [0.25, 0.3) is 0 Å². The molecule has 1 spiro atoms. The number of likely N-dealkylation sites (N-methyl/N-ethyl adjacent to an activating group) is 1. The molecule has 1 aliphatic carbocycles. The van der Waals surface area contributed by atoms with Crippen molar-refractivity contribution in [2.45, 2.75) is 49.3 Å². The van der Waals surface area contributed by atoms with Gasteiger partial charge in [0, 0.05) is 5.41 Å². The van der Waals surface area contributed by atoms with Crippen LogP contribution in [0, 0.1) is 0 Å². The normalized spacial score (nSPS) is 20.4. The molecule has 14 heteroatoms. The van der Waals surface area contributed by atoms with Crippen molar-refractivity contribution < 1.29 is 55.7 Å². The number of hydrogen-bond donors (Lipinski definition) is 4. The fourth-order valence-corrected chi connectivity index (χ4v) is 4.50. The summed E-state index contributed by atoms with van der Waals surface area (Å²) >= 11 is 0. The maximum Gasteiger partial charge on any atom is 0.490 e. The Balaban J connectivity index is 0.000000286. The quantitative estimate of drug-likeness (QED) is 0.435. The lowest BCUT2D eigenvalue weighted by atomic mass is 9.72. The standard InChI is InChI=1S/C19H24N2O2.2C2HF3O2/c1-21(13-14-5-4-12-23-14)17-15-6-2-3-7-16(15)19(18(17)22)8-10-20-11-9-19;2*3-2(4,5)1(6)7/h2-7,12,17-18,20,22H,8-11,13H2,1H3;2*(H,6,7)/t17-,18+;;/m1../s1. The Morgan fingerprint density at radius 2 is 1.51 bits per heavy atom. The number of aliphatic carboxylic acids is 2. The third-order valence-corrected chi connectivity index (χ3v) is 6.12. The van der Waals surface area contributed by atoms with E-state index < -0.39 is 24.3 Å². The molecule has 1 aliphatic heterocycles. The SMILES string of the molecule is CN(Cc1ccco1)[C@@H]1c2ccccc2C2(CCNCC2)[C@H]1O.O=C(O)C(F)(F)F.O=C(O)C(F)(F)F. The fraction of sp³-hybridized carbons (Fsp3) is 0.478. The molecule has 0 amide bonds. The van der Waals surface area contributed by atoms with Crippen LogP contribution in [0.3, 0.4) is 0 Å². The zero-order chi connectivity index (χ0) is 28.0. The first-order valence-electron chi connectivity index (χ1n) is 10.9. The van der Waals surface area contributed by atoms with Crippen molar-refractivity contribution in [2.24, 2.45) is 0 Å². The zero-order valence-electron chi connectivity index (χ0n) is 19.5. The Bertz CT molecular complexity index is 1010. The van der Waals surface area contributed by atoms with Gasteiger partial charge in [-0.25, -0.2) is 9.59 Å². The van der Waals surface area contributed by atoms with Gasteiger partial charge in [-0.1, -0.05) is 24.3 Å². The molecular formula is C23H26F6N2O6. The largest absolute Gasteiger partial charge is 0.490 e. The van der Waals surface area contributed by atoms with Crippen LogP contribution in [0.1, 0.15) is 35.8 Å². The van der Waals surface area contributed by atoms with Gasteiger partial charge < -0.3 is 25.1 Å². The number of carbonyl (C=O) groups is 2. The predicted molar refractivity (Wildman–Crippen MR) is 117 cm³/mol. The number of fused-ring (bicyclic) bond motifs is 2. The molecular weight excluding hydrogens is 514 g/mol. The Labute approximate surface area is 207 Å². The fourth-order valence-electron chi connectivity index (χ4n) is 4.50. The first-order valence-corrected chi connectivity index (χ1v) is 10.9. The summed E-state index contributed by atoms with van der Waals surface area (Å²) in [5.74, 6) is -4.58. The number of nitrogens with one attached hydrogen (secondary N) is 1. The van der Waals surface area contributed by atoms with E-state index in [1.165, 1.54) is 11.1 Å². The summed E-state index contributed by atoms with van der Waals surface area (Å²) in [6.07, 6.45) is -6.84. The number of aliphatic hydroxyl groups is 1. The number of benzene rings is 1. The topological polar surface area (TPSA) is 123 Å². The number of halogens is 6. The van der Waals surface area contributed by atoms with Crippen LogP contribution in [-0.4, -0.2) is 70.8 Å². The number of piperidine rings is 1. The minimum Gasteiger partial charge on any atom is -0.475 e. The summed E-state index contributed by atoms with van der Waals surface area (Å²) in [5.41, 5.74) is 2.51. The third-order valence-electron chi connectivity index (χ3n) is 6.12. The summed E-state index contributed by atoms with van der Waals surface area (Å²) in [7, 11) is 2.08. The number of carboxylic acids is 2. The van der Waals surface area contributed by atoms with Crippen molar-refractivity contribution in [1.29, 1.82) is 0 Å². The molecule has 0 saturated carbocycles. The molecule has 4 rings (SSSR count). The summed E-state index contributed by atoms with van der Waals surface area (Å²) in [6.45, 7) is 2.65. The van der Waals surface area contributed by atoms with E-state index in [0.717, 1.165) is 31.7 Å². The minimum atomic E-state index is -5.08. The number of alkyl halides is 6. The lowest BCUT2D eigenvalue weighted by Crippen LogP contribution is -2.48. The molecule has 1 fully saturated rings. The van der Waals surface area contributed by atoms with E-state index in [-0.39, 0.29) is 17.6 Å². The molecule has 37 heavy (non-hydrogen) atoms. The van der Waals surface area contributed by atoms with Crippen LogP contribution >= 0.6 is 0 Å². The first-order chi connectivity index (χ1) is 17.1. The number of nitrogens with zero attached hydrogens (tertiary/aromatic N) is 1. The van der Waals surface area contributed by atoms with Gasteiger partial charge in [-0.15, -0.1) is 0 Å². The van der Waals surface area contributed by atoms with Crippen molar-refractivity contribution in [1.82, 2.24) is 10.2 Å². The Morgan fingerprint density at radius 3 is 1.97 bits per heavy atom. The average molecular weight is 540 g/mol. The van der Waals surface area contributed by atoms with Gasteiger partial charge in [0.1, 0.15) is 5.76 Å². The second-order valence-corrected chi connectivity index (χ2v) is 8.48. The number of rotatable bonds is 3. The molecule has 1 aromatic carbocycles. The summed E-state index contributed by atoms with van der Waals surface area (Å²) in [5, 5.41) is 29.0. The Kier molecular flexibility index (Phi) is 9.74. The molecule has 2 aliphatic rings. The van der Waals surface area contributed by atoms with Crippen molar-refractivity contribution in [3.63, 3.8) is 0 Å². The van der Waals surface area contributed by atoms with Gasteiger partial charge in [-0.3, -0.25) is 4.90 Å². The van der Waals surface area contributed by atoms with Gasteiger partial charge in [0.15, 0.2) is 0 Å². The minimum absolute atomic E-state index is 0.0226. The molecule has 8 nitrogen and oxygen atoms in total. The highest BCUT2D eigenvalue weighted by Crippen LogP contribution is 2.51. The second kappa shape index (κ2) is 12.0. The van der Waals surface area contributed by atoms with Crippen LogP contribution in [0.15, 0.2) is 47.1 Å². The third kappa shape index (κ3) is 7.46. The Morgan fingerprint density at radius 1 is 1.00 bits per heavy atom. The van der Waals surface area contributed by atoms with Crippen LogP contribution in [0.4, 0.5) is 26.3 Å². The smallest absolute Gasteiger partial charge is 0.475 e. The lowest BCUT2D eigenvalue weighted by molar-refractivity contribution is -0.193. The van der Waals surface area contributed by atoms with Crippen molar-refractivity contribution in [3.05, 3.63) is 59.5 Å². The van der Waals surface area contributed by atoms with Gasteiger partial charge in [0.2, 0.25) is 0 Å². The predicted octanol–water partition coefficient (Wildman–Crippen LogP) is 3.72. The van der Waals surface area contributed by atoms with Crippen molar-refractivity contribution in [2.75, 3.05) is 20.1 Å². The molecule has 2 atom stereocenters. The molecule has 4 N–H and O–H groups in total. The Hall–Kier alpha value is -3.10. The first kappa shape index (κ1) is 30.1. The molecule has 206 valence electrons. The van der Waals surface area contributed by atoms with E-state index in [2.05, 4.69) is 41.5 Å². The highest BCUT2D eigenvalue weighted by molar-refractivity contribution is 5.73. The molecule has 1 aromatic heterocycles. The lowest BCUT2D eigenvalue weighted by Gasteiger charge is -2.40. The molecule has 0 bridgehead atoms.